The second kappa shape index (κ2) is 4.63. The monoisotopic (exact) mass is 247 g/mol. The van der Waals surface area contributed by atoms with E-state index in [1.807, 2.05) is 6.07 Å². The highest BCUT2D eigenvalue weighted by atomic mass is 35.5. The van der Waals surface area contributed by atoms with Gasteiger partial charge in [0.25, 0.3) is 0 Å². The maximum Gasteiger partial charge on any atom is 0.328 e. The lowest BCUT2D eigenvalue weighted by Crippen LogP contribution is -2.00. The van der Waals surface area contributed by atoms with Gasteiger partial charge in [0.2, 0.25) is 11.2 Å². The molecule has 0 unspecified atom stereocenters. The van der Waals surface area contributed by atoms with Crippen molar-refractivity contribution in [1.29, 1.82) is 5.26 Å². The molecule has 6 nitrogen and oxygen atoms in total. The van der Waals surface area contributed by atoms with Gasteiger partial charge in [-0.05, 0) is 23.7 Å². The molecular formula is C10H6ClN5O. The van der Waals surface area contributed by atoms with Crippen LogP contribution < -0.4 is 10.5 Å². The number of halogens is 1. The lowest BCUT2D eigenvalue weighted by atomic mass is 10.2. The van der Waals surface area contributed by atoms with Crippen LogP contribution in [0.5, 0.6) is 11.8 Å². The van der Waals surface area contributed by atoms with Crippen molar-refractivity contribution in [1.82, 2.24) is 15.0 Å². The van der Waals surface area contributed by atoms with Crippen molar-refractivity contribution in [3.8, 4) is 17.8 Å². The molecule has 2 rings (SSSR count). The number of hydrogen-bond acceptors (Lipinski definition) is 6. The zero-order valence-corrected chi connectivity index (χ0v) is 9.22. The Morgan fingerprint density at radius 2 is 2.00 bits per heavy atom. The average molecular weight is 248 g/mol. The van der Waals surface area contributed by atoms with E-state index in [0.717, 1.165) is 0 Å². The topological polar surface area (TPSA) is 97.7 Å². The third-order valence-corrected chi connectivity index (χ3v) is 1.98. The Bertz CT molecular complexity index is 575. The molecule has 0 bridgehead atoms. The van der Waals surface area contributed by atoms with E-state index in [9.17, 15) is 0 Å². The van der Waals surface area contributed by atoms with Gasteiger partial charge in [0.1, 0.15) is 11.8 Å². The Hall–Kier alpha value is -2.39. The molecule has 0 radical (unpaired) electrons. The number of hydrogen-bond donors (Lipinski definition) is 1. The van der Waals surface area contributed by atoms with E-state index >= 15 is 0 Å². The van der Waals surface area contributed by atoms with E-state index in [2.05, 4.69) is 15.0 Å². The first-order valence-corrected chi connectivity index (χ1v) is 4.91. The van der Waals surface area contributed by atoms with Crippen LogP contribution >= 0.6 is 11.6 Å². The average Bonchev–Trinajstić information content (AvgIpc) is 2.28. The second-order valence-corrected chi connectivity index (χ2v) is 3.29. The van der Waals surface area contributed by atoms with Gasteiger partial charge in [-0.2, -0.15) is 20.2 Å². The smallest absolute Gasteiger partial charge is 0.328 e. The Kier molecular flexibility index (Phi) is 3.03. The third-order valence-electron chi connectivity index (χ3n) is 1.81. The summed E-state index contributed by atoms with van der Waals surface area (Å²) in [5, 5.41) is 8.80. The lowest BCUT2D eigenvalue weighted by molar-refractivity contribution is 0.439. The minimum atomic E-state index is -0.0676. The number of aromatic nitrogens is 3. The molecule has 0 saturated carbocycles. The van der Waals surface area contributed by atoms with Crippen LogP contribution in [0.1, 0.15) is 5.56 Å². The van der Waals surface area contributed by atoms with Crippen LogP contribution in [-0.2, 0) is 0 Å². The van der Waals surface area contributed by atoms with E-state index < -0.39 is 0 Å². The van der Waals surface area contributed by atoms with Gasteiger partial charge in [0.05, 0.1) is 5.56 Å². The van der Waals surface area contributed by atoms with Gasteiger partial charge >= 0.3 is 6.01 Å². The number of nitriles is 1. The van der Waals surface area contributed by atoms with Gasteiger partial charge in [-0.15, -0.1) is 0 Å². The molecule has 0 spiro atoms. The van der Waals surface area contributed by atoms with Gasteiger partial charge < -0.3 is 10.5 Å². The number of rotatable bonds is 2. The lowest BCUT2D eigenvalue weighted by Gasteiger charge is -2.05. The highest BCUT2D eigenvalue weighted by Gasteiger charge is 2.08. The number of nitrogens with zero attached hydrogens (tertiary/aromatic N) is 4. The summed E-state index contributed by atoms with van der Waals surface area (Å²) < 4.78 is 5.31. The van der Waals surface area contributed by atoms with E-state index in [1.165, 1.54) is 0 Å². The summed E-state index contributed by atoms with van der Waals surface area (Å²) >= 11 is 5.60. The van der Waals surface area contributed by atoms with Crippen molar-refractivity contribution in [2.45, 2.75) is 0 Å². The maximum atomic E-state index is 8.87. The molecule has 0 aliphatic rings. The van der Waals surface area contributed by atoms with Gasteiger partial charge in [-0.1, -0.05) is 12.1 Å². The summed E-state index contributed by atoms with van der Waals surface area (Å²) in [6, 6.07) is 8.61. The number of benzene rings is 1. The molecule has 0 aliphatic heterocycles. The molecular weight excluding hydrogens is 242 g/mol. The summed E-state index contributed by atoms with van der Waals surface area (Å²) in [5.74, 6) is 0.283. The van der Waals surface area contributed by atoms with E-state index in [0.29, 0.717) is 11.3 Å². The van der Waals surface area contributed by atoms with Crippen LogP contribution in [0.15, 0.2) is 24.3 Å². The van der Waals surface area contributed by atoms with Crippen molar-refractivity contribution in [2.75, 3.05) is 5.73 Å². The van der Waals surface area contributed by atoms with E-state index in [4.69, 9.17) is 27.3 Å². The van der Waals surface area contributed by atoms with Crippen molar-refractivity contribution < 1.29 is 4.74 Å². The van der Waals surface area contributed by atoms with Crippen molar-refractivity contribution in [3.63, 3.8) is 0 Å². The van der Waals surface area contributed by atoms with Crippen LogP contribution in [0.2, 0.25) is 5.28 Å². The van der Waals surface area contributed by atoms with Crippen molar-refractivity contribution >= 4 is 17.5 Å². The van der Waals surface area contributed by atoms with Gasteiger partial charge in [-0.3, -0.25) is 0 Å². The molecule has 7 heteroatoms. The second-order valence-electron chi connectivity index (χ2n) is 2.96. The highest BCUT2D eigenvalue weighted by Crippen LogP contribution is 2.22. The SMILES string of the molecule is N#Cc1ccccc1Oc1nc(N)nc(Cl)n1. The van der Waals surface area contributed by atoms with Crippen molar-refractivity contribution in [2.24, 2.45) is 0 Å². The third kappa shape index (κ3) is 2.59. The Morgan fingerprint density at radius 1 is 1.24 bits per heavy atom. The number of ether oxygens (including phenoxy) is 1. The molecule has 0 aliphatic carbocycles. The first-order chi connectivity index (χ1) is 8.19. The van der Waals surface area contributed by atoms with Crippen LogP contribution in [0, 0.1) is 11.3 Å². The Labute approximate surface area is 102 Å². The van der Waals surface area contributed by atoms with Crippen LogP contribution in [0.3, 0.4) is 0 Å². The number of para-hydroxylation sites is 1. The Balaban J connectivity index is 2.35. The predicted octanol–water partition coefficient (Wildman–Crippen LogP) is 1.77. The van der Waals surface area contributed by atoms with Crippen LogP contribution in [0.25, 0.3) is 0 Å². The minimum Gasteiger partial charge on any atom is -0.423 e. The minimum absolute atomic E-state index is 0.0468. The summed E-state index contributed by atoms with van der Waals surface area (Å²) in [6.45, 7) is 0. The molecule has 0 amide bonds. The Morgan fingerprint density at radius 3 is 2.71 bits per heavy atom. The number of anilines is 1. The van der Waals surface area contributed by atoms with Crippen molar-refractivity contribution in [3.05, 3.63) is 35.1 Å². The molecule has 1 aromatic heterocycles. The molecule has 0 atom stereocenters. The first kappa shape index (κ1) is 11.1. The summed E-state index contributed by atoms with van der Waals surface area (Å²) in [6.07, 6.45) is 0. The molecule has 1 aromatic carbocycles. The molecule has 1 heterocycles. The highest BCUT2D eigenvalue weighted by molar-refractivity contribution is 6.28. The zero-order chi connectivity index (χ0) is 12.3. The quantitative estimate of drug-likeness (QED) is 0.868. The molecule has 84 valence electrons. The zero-order valence-electron chi connectivity index (χ0n) is 8.46. The molecule has 0 saturated heterocycles. The van der Waals surface area contributed by atoms with Crippen LogP contribution in [-0.4, -0.2) is 15.0 Å². The summed E-state index contributed by atoms with van der Waals surface area (Å²) in [4.78, 5) is 11.1. The fraction of sp³-hybridized carbons (Fsp3) is 0. The fourth-order valence-electron chi connectivity index (χ4n) is 1.14. The predicted molar refractivity (Wildman–Crippen MR) is 60.5 cm³/mol. The number of nitrogen functional groups attached to an aromatic ring is 1. The van der Waals surface area contributed by atoms with Gasteiger partial charge in [-0.25, -0.2) is 0 Å². The molecule has 2 N–H and O–H groups in total. The largest absolute Gasteiger partial charge is 0.423 e. The fourth-order valence-corrected chi connectivity index (χ4v) is 1.30. The number of nitrogens with two attached hydrogens (primary N) is 1. The van der Waals surface area contributed by atoms with E-state index in [-0.39, 0.29) is 17.2 Å². The molecule has 0 fully saturated rings. The standard InChI is InChI=1S/C10H6ClN5O/c11-8-14-9(13)16-10(15-8)17-7-4-2-1-3-6(7)5-12/h1-4H,(H2,13,14,15,16). The normalized spacial score (nSPS) is 9.65. The molecule has 2 aromatic rings. The van der Waals surface area contributed by atoms with Gasteiger partial charge in [0, 0.05) is 0 Å². The first-order valence-electron chi connectivity index (χ1n) is 4.53. The molecule has 17 heavy (non-hydrogen) atoms. The summed E-state index contributed by atoms with van der Waals surface area (Å²) in [5.41, 5.74) is 5.76. The maximum absolute atomic E-state index is 8.87. The van der Waals surface area contributed by atoms with E-state index in [1.54, 1.807) is 24.3 Å². The van der Waals surface area contributed by atoms with Crippen LogP contribution in [0.4, 0.5) is 5.95 Å². The van der Waals surface area contributed by atoms with Gasteiger partial charge in [0.15, 0.2) is 0 Å². The summed E-state index contributed by atoms with van der Waals surface area (Å²) in [7, 11) is 0.